The van der Waals surface area contributed by atoms with E-state index in [0.717, 1.165) is 26.1 Å². The summed E-state index contributed by atoms with van der Waals surface area (Å²) in [6, 6.07) is 15.6. The predicted octanol–water partition coefficient (Wildman–Crippen LogP) is 3.56. The molecule has 1 unspecified atom stereocenters. The Balaban J connectivity index is 1.70. The Bertz CT molecular complexity index is 901. The molecule has 0 aromatic heterocycles. The van der Waals surface area contributed by atoms with E-state index in [1.54, 1.807) is 12.1 Å². The van der Waals surface area contributed by atoms with E-state index in [1.807, 2.05) is 30.3 Å². The smallest absolute Gasteiger partial charge is 0.261 e. The highest BCUT2D eigenvalue weighted by Crippen LogP contribution is 2.28. The minimum Gasteiger partial charge on any atom is -0.303 e. The molecule has 0 radical (unpaired) electrons. The van der Waals surface area contributed by atoms with Crippen LogP contribution in [-0.4, -0.2) is 33.0 Å². The van der Waals surface area contributed by atoms with Crippen LogP contribution in [-0.2, 0) is 10.0 Å². The number of nitrogens with zero attached hydrogens (tertiary/aromatic N) is 2. The van der Waals surface area contributed by atoms with E-state index in [0.29, 0.717) is 17.2 Å². The van der Waals surface area contributed by atoms with Crippen LogP contribution in [0, 0.1) is 11.3 Å². The molecule has 1 N–H and O–H groups in total. The molecule has 136 valence electrons. The first-order valence-corrected chi connectivity index (χ1v) is 10.4. The lowest BCUT2D eigenvalue weighted by atomic mass is 9.98. The Labute approximate surface area is 155 Å². The van der Waals surface area contributed by atoms with Crippen molar-refractivity contribution in [2.45, 2.75) is 30.6 Å². The number of anilines is 1. The molecule has 0 aliphatic carbocycles. The van der Waals surface area contributed by atoms with Crippen molar-refractivity contribution in [2.75, 3.05) is 24.4 Å². The highest BCUT2D eigenvalue weighted by Gasteiger charge is 2.23. The quantitative estimate of drug-likeness (QED) is 0.845. The Hall–Kier alpha value is -2.36. The summed E-state index contributed by atoms with van der Waals surface area (Å²) < 4.78 is 27.6. The average Bonchev–Trinajstić information content (AvgIpc) is 3.11. The third kappa shape index (κ3) is 4.24. The number of nitrogens with one attached hydrogen (secondary N) is 1. The molecule has 6 heteroatoms. The maximum absolute atomic E-state index is 12.5. The molecule has 0 saturated carbocycles. The lowest BCUT2D eigenvalue weighted by Gasteiger charge is -2.15. The summed E-state index contributed by atoms with van der Waals surface area (Å²) in [6.45, 7) is 5.53. The van der Waals surface area contributed by atoms with Gasteiger partial charge in [0.1, 0.15) is 0 Å². The Morgan fingerprint density at radius 3 is 2.69 bits per heavy atom. The van der Waals surface area contributed by atoms with E-state index < -0.39 is 10.0 Å². The third-order valence-electron chi connectivity index (χ3n) is 4.72. The molecule has 26 heavy (non-hydrogen) atoms. The van der Waals surface area contributed by atoms with Crippen molar-refractivity contribution in [1.82, 2.24) is 4.90 Å². The van der Waals surface area contributed by atoms with Gasteiger partial charge in [-0.3, -0.25) is 4.72 Å². The second-order valence-corrected chi connectivity index (χ2v) is 8.34. The molecular weight excluding hydrogens is 346 g/mol. The maximum atomic E-state index is 12.5. The summed E-state index contributed by atoms with van der Waals surface area (Å²) in [6.07, 6.45) is 2.31. The summed E-state index contributed by atoms with van der Waals surface area (Å²) in [4.78, 5) is 2.57. The van der Waals surface area contributed by atoms with Crippen LogP contribution in [0.1, 0.15) is 36.8 Å². The summed E-state index contributed by atoms with van der Waals surface area (Å²) in [7, 11) is -3.70. The van der Waals surface area contributed by atoms with Crippen molar-refractivity contribution >= 4 is 15.7 Å². The van der Waals surface area contributed by atoms with Crippen LogP contribution in [0.5, 0.6) is 0 Å². The molecule has 2 aromatic rings. The molecule has 3 rings (SSSR count). The molecule has 1 fully saturated rings. The zero-order valence-corrected chi connectivity index (χ0v) is 15.7. The van der Waals surface area contributed by atoms with Crippen LogP contribution >= 0.6 is 0 Å². The molecule has 1 heterocycles. The highest BCUT2D eigenvalue weighted by atomic mass is 32.2. The summed E-state index contributed by atoms with van der Waals surface area (Å²) in [5.41, 5.74) is 2.10. The van der Waals surface area contributed by atoms with Crippen LogP contribution in [0.3, 0.4) is 0 Å². The van der Waals surface area contributed by atoms with E-state index in [4.69, 9.17) is 5.26 Å². The van der Waals surface area contributed by atoms with E-state index in [-0.39, 0.29) is 4.90 Å². The van der Waals surface area contributed by atoms with Gasteiger partial charge >= 0.3 is 0 Å². The lowest BCUT2D eigenvalue weighted by Crippen LogP contribution is -2.20. The van der Waals surface area contributed by atoms with Crippen LogP contribution in [0.2, 0.25) is 0 Å². The first-order chi connectivity index (χ1) is 12.5. The summed E-state index contributed by atoms with van der Waals surface area (Å²) in [5.74, 6) is 0.513. The van der Waals surface area contributed by atoms with Gasteiger partial charge in [-0.2, -0.15) is 5.26 Å². The van der Waals surface area contributed by atoms with Crippen molar-refractivity contribution < 1.29 is 8.42 Å². The predicted molar refractivity (Wildman–Crippen MR) is 102 cm³/mol. The fourth-order valence-corrected chi connectivity index (χ4v) is 4.50. The zero-order valence-electron chi connectivity index (χ0n) is 14.9. The minimum absolute atomic E-state index is 0.0895. The van der Waals surface area contributed by atoms with Crippen molar-refractivity contribution in [3.05, 3.63) is 59.7 Å². The Kier molecular flexibility index (Phi) is 5.60. The Morgan fingerprint density at radius 2 is 2.00 bits per heavy atom. The molecule has 2 aromatic carbocycles. The van der Waals surface area contributed by atoms with Gasteiger partial charge in [0, 0.05) is 12.2 Å². The van der Waals surface area contributed by atoms with Crippen molar-refractivity contribution in [3.63, 3.8) is 0 Å². The number of hydrogen-bond acceptors (Lipinski definition) is 4. The van der Waals surface area contributed by atoms with Gasteiger partial charge in [0.25, 0.3) is 10.0 Å². The van der Waals surface area contributed by atoms with E-state index in [1.165, 1.54) is 24.1 Å². The normalized spacial score (nSPS) is 17.8. The standard InChI is InChI=1S/C20H23N3O2S/c1-2-11-23-12-10-18(15-23)17-6-8-19(9-7-17)22-26(24,25)20-5-3-4-16(13-20)14-21/h3-9,13,18,22H,2,10-12,15H2,1H3. The van der Waals surface area contributed by atoms with Crippen molar-refractivity contribution in [3.8, 4) is 6.07 Å². The molecule has 1 saturated heterocycles. The molecule has 1 aliphatic rings. The van der Waals surface area contributed by atoms with Crippen LogP contribution in [0.15, 0.2) is 53.4 Å². The molecule has 0 spiro atoms. The SMILES string of the molecule is CCCN1CCC(c2ccc(NS(=O)(=O)c3cccc(C#N)c3)cc2)C1. The average molecular weight is 369 g/mol. The number of benzene rings is 2. The van der Waals surface area contributed by atoms with Gasteiger partial charge in [-0.15, -0.1) is 0 Å². The number of hydrogen-bond donors (Lipinski definition) is 1. The third-order valence-corrected chi connectivity index (χ3v) is 6.10. The second-order valence-electron chi connectivity index (χ2n) is 6.65. The van der Waals surface area contributed by atoms with Gasteiger partial charge in [-0.25, -0.2) is 8.42 Å². The fraction of sp³-hybridized carbons (Fsp3) is 0.350. The molecule has 0 amide bonds. The molecule has 1 aliphatic heterocycles. The number of likely N-dealkylation sites (tertiary alicyclic amines) is 1. The number of sulfonamides is 1. The van der Waals surface area contributed by atoms with Crippen LogP contribution in [0.4, 0.5) is 5.69 Å². The Morgan fingerprint density at radius 1 is 1.23 bits per heavy atom. The minimum atomic E-state index is -3.70. The molecule has 1 atom stereocenters. The largest absolute Gasteiger partial charge is 0.303 e. The van der Waals surface area contributed by atoms with Gasteiger partial charge in [-0.1, -0.05) is 25.1 Å². The molecule has 0 bridgehead atoms. The first-order valence-electron chi connectivity index (χ1n) is 8.87. The molecular formula is C20H23N3O2S. The van der Waals surface area contributed by atoms with Crippen LogP contribution < -0.4 is 4.72 Å². The maximum Gasteiger partial charge on any atom is 0.261 e. The van der Waals surface area contributed by atoms with Crippen molar-refractivity contribution in [1.29, 1.82) is 5.26 Å². The van der Waals surface area contributed by atoms with Crippen LogP contribution in [0.25, 0.3) is 0 Å². The van der Waals surface area contributed by atoms with Gasteiger partial charge in [-0.05, 0) is 67.7 Å². The zero-order chi connectivity index (χ0) is 18.6. The van der Waals surface area contributed by atoms with Gasteiger partial charge in [0.05, 0.1) is 16.5 Å². The topological polar surface area (TPSA) is 73.2 Å². The van der Waals surface area contributed by atoms with Gasteiger partial charge in [0.15, 0.2) is 0 Å². The van der Waals surface area contributed by atoms with Gasteiger partial charge < -0.3 is 4.90 Å². The monoisotopic (exact) mass is 369 g/mol. The summed E-state index contributed by atoms with van der Waals surface area (Å²) in [5, 5.41) is 8.94. The first kappa shape index (κ1) is 18.4. The fourth-order valence-electron chi connectivity index (χ4n) is 3.39. The van der Waals surface area contributed by atoms with Crippen molar-refractivity contribution in [2.24, 2.45) is 0 Å². The van der Waals surface area contributed by atoms with E-state index >= 15 is 0 Å². The second kappa shape index (κ2) is 7.90. The van der Waals surface area contributed by atoms with E-state index in [9.17, 15) is 8.42 Å². The molecule has 5 nitrogen and oxygen atoms in total. The van der Waals surface area contributed by atoms with Gasteiger partial charge in [0.2, 0.25) is 0 Å². The summed E-state index contributed by atoms with van der Waals surface area (Å²) >= 11 is 0. The highest BCUT2D eigenvalue weighted by molar-refractivity contribution is 7.92. The number of nitriles is 1. The lowest BCUT2D eigenvalue weighted by molar-refractivity contribution is 0.335. The number of rotatable bonds is 6. The van der Waals surface area contributed by atoms with E-state index in [2.05, 4.69) is 16.5 Å².